The summed E-state index contributed by atoms with van der Waals surface area (Å²) in [7, 11) is 0. The van der Waals surface area contributed by atoms with E-state index in [1.165, 1.54) is 12.8 Å². The van der Waals surface area contributed by atoms with E-state index >= 15 is 0 Å². The summed E-state index contributed by atoms with van der Waals surface area (Å²) in [5.74, 6) is -0.0633. The Balaban J connectivity index is 1.96. The zero-order valence-electron chi connectivity index (χ0n) is 11.1. The van der Waals surface area contributed by atoms with Gasteiger partial charge in [0, 0.05) is 25.3 Å². The highest BCUT2D eigenvalue weighted by Gasteiger charge is 2.23. The lowest BCUT2D eigenvalue weighted by Crippen LogP contribution is -2.47. The van der Waals surface area contributed by atoms with E-state index in [0.29, 0.717) is 12.0 Å². The van der Waals surface area contributed by atoms with Gasteiger partial charge in [0.25, 0.3) is 5.91 Å². The summed E-state index contributed by atoms with van der Waals surface area (Å²) in [6.45, 7) is 2.22. The second-order valence-electron chi connectivity index (χ2n) is 4.89. The SMILES string of the molecule is O=C(NC(CCCO)N1CCCC1)c1c[c]ccc1. The average molecular weight is 261 g/mol. The molecule has 19 heavy (non-hydrogen) atoms. The summed E-state index contributed by atoms with van der Waals surface area (Å²) < 4.78 is 0. The van der Waals surface area contributed by atoms with Gasteiger partial charge in [-0.25, -0.2) is 0 Å². The first kappa shape index (κ1) is 14.0. The van der Waals surface area contributed by atoms with Crippen molar-refractivity contribution in [2.45, 2.75) is 31.8 Å². The van der Waals surface area contributed by atoms with E-state index in [0.717, 1.165) is 19.5 Å². The van der Waals surface area contributed by atoms with Crippen LogP contribution in [0, 0.1) is 6.07 Å². The molecule has 1 amide bonds. The highest BCUT2D eigenvalue weighted by molar-refractivity contribution is 5.94. The summed E-state index contributed by atoms with van der Waals surface area (Å²) in [5, 5.41) is 12.0. The Bertz CT molecular complexity index is 388. The summed E-state index contributed by atoms with van der Waals surface area (Å²) in [4.78, 5) is 14.4. The minimum Gasteiger partial charge on any atom is -0.396 e. The number of aliphatic hydroxyl groups is 1. The fourth-order valence-electron chi connectivity index (χ4n) is 2.45. The van der Waals surface area contributed by atoms with E-state index in [-0.39, 0.29) is 18.7 Å². The Morgan fingerprint density at radius 1 is 1.47 bits per heavy atom. The molecule has 1 atom stereocenters. The average Bonchev–Trinajstić information content (AvgIpc) is 2.98. The molecular formula is C15H21N2O2. The molecule has 1 unspecified atom stereocenters. The topological polar surface area (TPSA) is 52.6 Å². The molecule has 0 saturated carbocycles. The van der Waals surface area contributed by atoms with Crippen LogP contribution in [0.5, 0.6) is 0 Å². The van der Waals surface area contributed by atoms with Crippen LogP contribution in [0.15, 0.2) is 24.3 Å². The van der Waals surface area contributed by atoms with Crippen LogP contribution in [-0.4, -0.2) is 41.8 Å². The van der Waals surface area contributed by atoms with Crippen LogP contribution in [0.25, 0.3) is 0 Å². The number of benzene rings is 1. The first-order chi connectivity index (χ1) is 9.31. The number of carbonyl (C=O) groups excluding carboxylic acids is 1. The van der Waals surface area contributed by atoms with Crippen molar-refractivity contribution in [3.8, 4) is 0 Å². The van der Waals surface area contributed by atoms with Crippen molar-refractivity contribution in [1.82, 2.24) is 10.2 Å². The second kappa shape index (κ2) is 7.26. The Morgan fingerprint density at radius 2 is 2.26 bits per heavy atom. The molecule has 0 aliphatic carbocycles. The number of nitrogens with one attached hydrogen (secondary N) is 1. The van der Waals surface area contributed by atoms with Gasteiger partial charge in [-0.1, -0.05) is 12.1 Å². The van der Waals surface area contributed by atoms with Gasteiger partial charge in [-0.15, -0.1) is 0 Å². The smallest absolute Gasteiger partial charge is 0.252 e. The summed E-state index contributed by atoms with van der Waals surface area (Å²) in [6, 6.07) is 9.99. The van der Waals surface area contributed by atoms with Gasteiger partial charge in [-0.2, -0.15) is 0 Å². The molecule has 1 aliphatic rings. The molecule has 1 aromatic rings. The van der Waals surface area contributed by atoms with Crippen molar-refractivity contribution in [2.24, 2.45) is 0 Å². The highest BCUT2D eigenvalue weighted by Crippen LogP contribution is 2.14. The lowest BCUT2D eigenvalue weighted by molar-refractivity contribution is 0.0855. The first-order valence-corrected chi connectivity index (χ1v) is 6.93. The number of hydrogen-bond acceptors (Lipinski definition) is 3. The molecule has 1 saturated heterocycles. The molecular weight excluding hydrogens is 240 g/mol. The predicted octanol–water partition coefficient (Wildman–Crippen LogP) is 1.41. The van der Waals surface area contributed by atoms with Crippen LogP contribution in [0.1, 0.15) is 36.0 Å². The Hall–Kier alpha value is -1.39. The van der Waals surface area contributed by atoms with E-state index in [2.05, 4.69) is 16.3 Å². The van der Waals surface area contributed by atoms with Crippen LogP contribution >= 0.6 is 0 Å². The van der Waals surface area contributed by atoms with Gasteiger partial charge < -0.3 is 10.4 Å². The Morgan fingerprint density at radius 3 is 2.89 bits per heavy atom. The maximum atomic E-state index is 12.2. The molecule has 0 aromatic heterocycles. The lowest BCUT2D eigenvalue weighted by atomic mass is 10.2. The maximum Gasteiger partial charge on any atom is 0.252 e. The fourth-order valence-corrected chi connectivity index (χ4v) is 2.45. The van der Waals surface area contributed by atoms with Crippen molar-refractivity contribution in [1.29, 1.82) is 0 Å². The summed E-state index contributed by atoms with van der Waals surface area (Å²) in [5.41, 5.74) is 0.635. The van der Waals surface area contributed by atoms with Crippen LogP contribution in [0.4, 0.5) is 0 Å². The minimum atomic E-state index is -0.0633. The molecule has 0 bridgehead atoms. The van der Waals surface area contributed by atoms with E-state index in [1.54, 1.807) is 18.2 Å². The lowest BCUT2D eigenvalue weighted by Gasteiger charge is -2.28. The zero-order valence-corrected chi connectivity index (χ0v) is 11.1. The summed E-state index contributed by atoms with van der Waals surface area (Å²) in [6.07, 6.45) is 3.90. The van der Waals surface area contributed by atoms with Gasteiger partial charge in [-0.3, -0.25) is 9.69 Å². The molecule has 4 nitrogen and oxygen atoms in total. The molecule has 103 valence electrons. The number of aliphatic hydroxyl groups excluding tert-OH is 1. The van der Waals surface area contributed by atoms with Crippen LogP contribution in [0.3, 0.4) is 0 Å². The van der Waals surface area contributed by atoms with Gasteiger partial charge in [0.1, 0.15) is 0 Å². The van der Waals surface area contributed by atoms with E-state index in [4.69, 9.17) is 5.11 Å². The maximum absolute atomic E-state index is 12.2. The van der Waals surface area contributed by atoms with Crippen molar-refractivity contribution in [3.63, 3.8) is 0 Å². The van der Waals surface area contributed by atoms with E-state index < -0.39 is 0 Å². The quantitative estimate of drug-likeness (QED) is 0.814. The molecule has 1 fully saturated rings. The van der Waals surface area contributed by atoms with Gasteiger partial charge in [0.15, 0.2) is 0 Å². The summed E-state index contributed by atoms with van der Waals surface area (Å²) >= 11 is 0. The predicted molar refractivity (Wildman–Crippen MR) is 73.7 cm³/mol. The van der Waals surface area contributed by atoms with Gasteiger partial charge in [0.2, 0.25) is 0 Å². The molecule has 0 spiro atoms. The number of nitrogens with zero attached hydrogens (tertiary/aromatic N) is 1. The molecule has 2 rings (SSSR count). The van der Waals surface area contributed by atoms with Crippen LogP contribution in [0.2, 0.25) is 0 Å². The molecule has 4 heteroatoms. The largest absolute Gasteiger partial charge is 0.396 e. The van der Waals surface area contributed by atoms with Crippen molar-refractivity contribution < 1.29 is 9.90 Å². The van der Waals surface area contributed by atoms with Gasteiger partial charge in [0.05, 0.1) is 6.17 Å². The molecule has 1 radical (unpaired) electrons. The van der Waals surface area contributed by atoms with Crippen molar-refractivity contribution >= 4 is 5.91 Å². The van der Waals surface area contributed by atoms with Crippen LogP contribution < -0.4 is 5.32 Å². The zero-order chi connectivity index (χ0) is 13.5. The Labute approximate surface area is 114 Å². The molecule has 1 aromatic carbocycles. The number of likely N-dealkylation sites (tertiary alicyclic amines) is 1. The third-order valence-corrected chi connectivity index (χ3v) is 3.48. The number of carbonyl (C=O) groups is 1. The van der Waals surface area contributed by atoms with E-state index in [9.17, 15) is 4.79 Å². The number of hydrogen-bond donors (Lipinski definition) is 2. The minimum absolute atomic E-state index is 0.0300. The number of rotatable bonds is 6. The van der Waals surface area contributed by atoms with Crippen molar-refractivity contribution in [2.75, 3.05) is 19.7 Å². The van der Waals surface area contributed by atoms with Gasteiger partial charge in [-0.05, 0) is 43.9 Å². The normalized spacial score (nSPS) is 17.3. The monoisotopic (exact) mass is 261 g/mol. The third kappa shape index (κ3) is 4.04. The highest BCUT2D eigenvalue weighted by atomic mass is 16.3. The second-order valence-corrected chi connectivity index (χ2v) is 4.89. The third-order valence-electron chi connectivity index (χ3n) is 3.48. The van der Waals surface area contributed by atoms with Crippen LogP contribution in [-0.2, 0) is 0 Å². The Kier molecular flexibility index (Phi) is 5.36. The van der Waals surface area contributed by atoms with Crippen molar-refractivity contribution in [3.05, 3.63) is 35.9 Å². The molecule has 1 heterocycles. The van der Waals surface area contributed by atoms with Gasteiger partial charge >= 0.3 is 0 Å². The molecule has 2 N–H and O–H groups in total. The van der Waals surface area contributed by atoms with E-state index in [1.807, 2.05) is 6.07 Å². The number of amides is 1. The standard InChI is InChI=1S/C15H21N2O2/c18-12-6-9-14(17-10-4-5-11-17)16-15(19)13-7-2-1-3-8-13/h1-2,7-8,14,18H,4-6,9-12H2,(H,16,19). The molecule has 1 aliphatic heterocycles. The fraction of sp³-hybridized carbons (Fsp3) is 0.533. The first-order valence-electron chi connectivity index (χ1n) is 6.93.